The summed E-state index contributed by atoms with van der Waals surface area (Å²) in [6.45, 7) is 3.53. The van der Waals surface area contributed by atoms with E-state index in [2.05, 4.69) is 23.1 Å². The normalized spacial score (nSPS) is 17.6. The third-order valence-electron chi connectivity index (χ3n) is 3.64. The SMILES string of the molecule is Cc1ccc2oc(C3(Cn4cncn4)OCCO3)cc2c1. The van der Waals surface area contributed by atoms with Gasteiger partial charge in [0.2, 0.25) is 5.79 Å². The van der Waals surface area contributed by atoms with E-state index in [0.29, 0.717) is 25.5 Å². The Hall–Kier alpha value is -2.18. The first-order chi connectivity index (χ1) is 10.3. The first-order valence-corrected chi connectivity index (χ1v) is 6.86. The zero-order valence-electron chi connectivity index (χ0n) is 11.7. The topological polar surface area (TPSA) is 62.3 Å². The number of aromatic nitrogens is 3. The Morgan fingerprint density at radius 1 is 1.24 bits per heavy atom. The summed E-state index contributed by atoms with van der Waals surface area (Å²) in [5.41, 5.74) is 2.01. The Morgan fingerprint density at radius 2 is 2.10 bits per heavy atom. The van der Waals surface area contributed by atoms with E-state index in [-0.39, 0.29) is 0 Å². The van der Waals surface area contributed by atoms with Crippen LogP contribution in [0.25, 0.3) is 11.0 Å². The molecular formula is C15H15N3O3. The maximum Gasteiger partial charge on any atom is 0.248 e. The average molecular weight is 285 g/mol. The number of benzene rings is 1. The molecule has 0 atom stereocenters. The van der Waals surface area contributed by atoms with Crippen molar-refractivity contribution in [2.75, 3.05) is 13.2 Å². The van der Waals surface area contributed by atoms with Crippen molar-refractivity contribution in [3.63, 3.8) is 0 Å². The van der Waals surface area contributed by atoms with Gasteiger partial charge in [0, 0.05) is 5.39 Å². The van der Waals surface area contributed by atoms with Crippen molar-refractivity contribution in [2.45, 2.75) is 19.3 Å². The summed E-state index contributed by atoms with van der Waals surface area (Å²) in [5, 5.41) is 5.17. The van der Waals surface area contributed by atoms with Gasteiger partial charge in [-0.3, -0.25) is 0 Å². The Kier molecular flexibility index (Phi) is 2.80. The number of ether oxygens (including phenoxy) is 2. The van der Waals surface area contributed by atoms with Gasteiger partial charge in [0.25, 0.3) is 0 Å². The molecular weight excluding hydrogens is 270 g/mol. The Balaban J connectivity index is 1.78. The first kappa shape index (κ1) is 12.6. The molecule has 3 aromatic rings. The van der Waals surface area contributed by atoms with Crippen LogP contribution in [-0.2, 0) is 21.8 Å². The maximum atomic E-state index is 5.95. The summed E-state index contributed by atoms with van der Waals surface area (Å²) in [4.78, 5) is 3.95. The van der Waals surface area contributed by atoms with Gasteiger partial charge < -0.3 is 13.9 Å². The number of fused-ring (bicyclic) bond motifs is 1. The summed E-state index contributed by atoms with van der Waals surface area (Å²) in [6.07, 6.45) is 3.13. The summed E-state index contributed by atoms with van der Waals surface area (Å²) >= 11 is 0. The summed E-state index contributed by atoms with van der Waals surface area (Å²) in [6, 6.07) is 8.05. The highest BCUT2D eigenvalue weighted by Gasteiger charge is 2.42. The van der Waals surface area contributed by atoms with E-state index in [4.69, 9.17) is 13.9 Å². The molecule has 0 amide bonds. The fourth-order valence-electron chi connectivity index (χ4n) is 2.64. The average Bonchev–Trinajstić information content (AvgIpc) is 3.18. The minimum absolute atomic E-state index is 0.409. The van der Waals surface area contributed by atoms with Crippen LogP contribution in [0.4, 0.5) is 0 Å². The van der Waals surface area contributed by atoms with Gasteiger partial charge >= 0.3 is 0 Å². The van der Waals surface area contributed by atoms with Crippen molar-refractivity contribution in [1.82, 2.24) is 14.8 Å². The third-order valence-corrected chi connectivity index (χ3v) is 3.64. The predicted octanol–water partition coefficient (Wildman–Crippen LogP) is 2.23. The van der Waals surface area contributed by atoms with E-state index < -0.39 is 5.79 Å². The summed E-state index contributed by atoms with van der Waals surface area (Å²) < 4.78 is 19.3. The van der Waals surface area contributed by atoms with Crippen LogP contribution in [-0.4, -0.2) is 28.0 Å². The molecule has 1 aromatic carbocycles. The maximum absolute atomic E-state index is 5.95. The Labute approximate surface area is 121 Å². The quantitative estimate of drug-likeness (QED) is 0.738. The van der Waals surface area contributed by atoms with Crippen LogP contribution in [0.5, 0.6) is 0 Å². The number of hydrogen-bond acceptors (Lipinski definition) is 5. The Morgan fingerprint density at radius 3 is 2.86 bits per heavy atom. The highest BCUT2D eigenvalue weighted by molar-refractivity contribution is 5.78. The van der Waals surface area contributed by atoms with E-state index in [1.165, 1.54) is 11.9 Å². The van der Waals surface area contributed by atoms with Crippen LogP contribution in [0, 0.1) is 6.92 Å². The van der Waals surface area contributed by atoms with Crippen LogP contribution in [0.3, 0.4) is 0 Å². The van der Waals surface area contributed by atoms with Crippen molar-refractivity contribution in [1.29, 1.82) is 0 Å². The van der Waals surface area contributed by atoms with Crippen molar-refractivity contribution < 1.29 is 13.9 Å². The van der Waals surface area contributed by atoms with E-state index in [9.17, 15) is 0 Å². The van der Waals surface area contributed by atoms with E-state index in [1.54, 1.807) is 11.0 Å². The molecule has 0 aliphatic carbocycles. The summed E-state index contributed by atoms with van der Waals surface area (Å²) in [7, 11) is 0. The highest BCUT2D eigenvalue weighted by Crippen LogP contribution is 2.36. The molecule has 108 valence electrons. The first-order valence-electron chi connectivity index (χ1n) is 6.86. The van der Waals surface area contributed by atoms with Gasteiger partial charge in [-0.1, -0.05) is 11.6 Å². The molecule has 0 spiro atoms. The molecule has 6 nitrogen and oxygen atoms in total. The van der Waals surface area contributed by atoms with Crippen molar-refractivity contribution in [2.24, 2.45) is 0 Å². The van der Waals surface area contributed by atoms with E-state index in [1.807, 2.05) is 18.2 Å². The van der Waals surface area contributed by atoms with Gasteiger partial charge in [0.15, 0.2) is 5.76 Å². The monoisotopic (exact) mass is 285 g/mol. The molecule has 1 aliphatic rings. The molecule has 0 bridgehead atoms. The summed E-state index contributed by atoms with van der Waals surface area (Å²) in [5.74, 6) is -0.267. The lowest BCUT2D eigenvalue weighted by Gasteiger charge is -2.24. The van der Waals surface area contributed by atoms with Crippen LogP contribution < -0.4 is 0 Å². The molecule has 0 saturated carbocycles. The second-order valence-electron chi connectivity index (χ2n) is 5.19. The standard InChI is InChI=1S/C15H15N3O3/c1-11-2-3-13-12(6-11)7-14(21-13)15(19-4-5-20-15)8-18-10-16-9-17-18/h2-3,6-7,9-10H,4-5,8H2,1H3. The Bertz CT molecular complexity index is 758. The van der Waals surface area contributed by atoms with Gasteiger partial charge in [-0.05, 0) is 25.1 Å². The second-order valence-corrected chi connectivity index (χ2v) is 5.19. The lowest BCUT2D eigenvalue weighted by atomic mass is 10.1. The molecule has 4 rings (SSSR count). The highest BCUT2D eigenvalue weighted by atomic mass is 16.7. The van der Waals surface area contributed by atoms with Crippen LogP contribution in [0.15, 0.2) is 41.3 Å². The van der Waals surface area contributed by atoms with Crippen molar-refractivity contribution in [3.8, 4) is 0 Å². The van der Waals surface area contributed by atoms with Gasteiger partial charge in [-0.2, -0.15) is 5.10 Å². The molecule has 0 radical (unpaired) electrons. The third kappa shape index (κ3) is 2.12. The second kappa shape index (κ2) is 4.68. The van der Waals surface area contributed by atoms with Crippen LogP contribution >= 0.6 is 0 Å². The van der Waals surface area contributed by atoms with Crippen molar-refractivity contribution in [3.05, 3.63) is 48.2 Å². The van der Waals surface area contributed by atoms with Crippen LogP contribution in [0.1, 0.15) is 11.3 Å². The molecule has 0 N–H and O–H groups in total. The predicted molar refractivity (Wildman–Crippen MR) is 74.6 cm³/mol. The number of nitrogens with zero attached hydrogens (tertiary/aromatic N) is 3. The van der Waals surface area contributed by atoms with Crippen LogP contribution in [0.2, 0.25) is 0 Å². The molecule has 1 aliphatic heterocycles. The molecule has 6 heteroatoms. The minimum Gasteiger partial charge on any atom is -0.455 e. The molecule has 2 aromatic heterocycles. The van der Waals surface area contributed by atoms with E-state index >= 15 is 0 Å². The molecule has 21 heavy (non-hydrogen) atoms. The smallest absolute Gasteiger partial charge is 0.248 e. The fourth-order valence-corrected chi connectivity index (χ4v) is 2.64. The van der Waals surface area contributed by atoms with Gasteiger partial charge in [-0.15, -0.1) is 0 Å². The van der Waals surface area contributed by atoms with Gasteiger partial charge in [-0.25, -0.2) is 9.67 Å². The minimum atomic E-state index is -0.930. The molecule has 1 saturated heterocycles. The van der Waals surface area contributed by atoms with Gasteiger partial charge in [0.05, 0.1) is 13.2 Å². The zero-order valence-corrected chi connectivity index (χ0v) is 11.7. The molecule has 1 fully saturated rings. The lowest BCUT2D eigenvalue weighted by molar-refractivity contribution is -0.189. The zero-order chi connectivity index (χ0) is 14.3. The fraction of sp³-hybridized carbons (Fsp3) is 0.333. The van der Waals surface area contributed by atoms with Crippen molar-refractivity contribution >= 4 is 11.0 Å². The largest absolute Gasteiger partial charge is 0.455 e. The molecule has 0 unspecified atom stereocenters. The van der Waals surface area contributed by atoms with Gasteiger partial charge in [0.1, 0.15) is 24.8 Å². The number of furan rings is 1. The number of hydrogen-bond donors (Lipinski definition) is 0. The number of rotatable bonds is 3. The molecule has 3 heterocycles. The lowest BCUT2D eigenvalue weighted by Crippen LogP contribution is -2.32. The number of aryl methyl sites for hydroxylation is 1. The van der Waals surface area contributed by atoms with E-state index in [0.717, 1.165) is 11.0 Å².